The summed E-state index contributed by atoms with van der Waals surface area (Å²) in [4.78, 5) is 17.3. The lowest BCUT2D eigenvalue weighted by Crippen LogP contribution is -2.52. The number of nitrogens with zero attached hydrogens (tertiary/aromatic N) is 3. The molecule has 0 bridgehead atoms. The summed E-state index contributed by atoms with van der Waals surface area (Å²) in [6.45, 7) is 3.57. The lowest BCUT2D eigenvalue weighted by atomic mass is 10.1. The van der Waals surface area contributed by atoms with Crippen molar-refractivity contribution < 1.29 is 13.2 Å². The van der Waals surface area contributed by atoms with Crippen molar-refractivity contribution in [3.63, 3.8) is 0 Å². The third-order valence-corrected chi connectivity index (χ3v) is 6.43. The smallest absolute Gasteiger partial charge is 0.245 e. The van der Waals surface area contributed by atoms with Gasteiger partial charge in [-0.2, -0.15) is 4.31 Å². The average molecular weight is 402 g/mol. The van der Waals surface area contributed by atoms with E-state index in [0.717, 1.165) is 25.9 Å². The second kappa shape index (κ2) is 8.86. The first-order valence-electron chi connectivity index (χ1n) is 9.39. The molecule has 0 N–H and O–H groups in total. The number of rotatable bonds is 6. The van der Waals surface area contributed by atoms with Crippen molar-refractivity contribution in [2.24, 2.45) is 0 Å². The lowest BCUT2D eigenvalue weighted by molar-refractivity contribution is -0.137. The first-order chi connectivity index (χ1) is 13.4. The van der Waals surface area contributed by atoms with Gasteiger partial charge in [0.1, 0.15) is 6.04 Å². The molecule has 1 fully saturated rings. The minimum absolute atomic E-state index is 0.168. The highest BCUT2D eigenvalue weighted by Crippen LogP contribution is 2.25. The number of hydrogen-bond donors (Lipinski definition) is 0. The van der Waals surface area contributed by atoms with Crippen LogP contribution in [0.3, 0.4) is 0 Å². The van der Waals surface area contributed by atoms with Gasteiger partial charge in [0.2, 0.25) is 15.9 Å². The Labute approximate surface area is 167 Å². The van der Waals surface area contributed by atoms with Crippen molar-refractivity contribution in [1.29, 1.82) is 0 Å². The zero-order valence-electron chi connectivity index (χ0n) is 16.4. The van der Waals surface area contributed by atoms with Gasteiger partial charge in [0.25, 0.3) is 0 Å². The van der Waals surface area contributed by atoms with Crippen molar-refractivity contribution in [2.75, 3.05) is 39.5 Å². The van der Waals surface area contributed by atoms with Crippen molar-refractivity contribution >= 4 is 15.9 Å². The Bertz CT molecular complexity index is 880. The molecule has 150 valence electrons. The predicted octanol–water partition coefficient (Wildman–Crippen LogP) is 1.96. The summed E-state index contributed by atoms with van der Waals surface area (Å²) in [7, 11) is -2.04. The third-order valence-electron chi connectivity index (χ3n) is 5.17. The van der Waals surface area contributed by atoms with Crippen LogP contribution in [-0.4, -0.2) is 67.9 Å². The van der Waals surface area contributed by atoms with E-state index >= 15 is 0 Å². The molecule has 2 aromatic rings. The molecule has 0 aliphatic carbocycles. The van der Waals surface area contributed by atoms with Crippen LogP contribution in [0.5, 0.6) is 0 Å². The number of piperazine rings is 1. The van der Waals surface area contributed by atoms with Crippen LogP contribution >= 0.6 is 0 Å². The van der Waals surface area contributed by atoms with Gasteiger partial charge in [-0.15, -0.1) is 0 Å². The number of carbonyl (C=O) groups is 1. The van der Waals surface area contributed by atoms with E-state index in [0.29, 0.717) is 18.7 Å². The van der Waals surface area contributed by atoms with E-state index in [2.05, 4.69) is 17.0 Å². The summed E-state index contributed by atoms with van der Waals surface area (Å²) < 4.78 is 25.4. The molecule has 0 radical (unpaired) electrons. The summed E-state index contributed by atoms with van der Waals surface area (Å²) in [6, 6.07) is 18.5. The average Bonchev–Trinajstić information content (AvgIpc) is 2.69. The molecule has 1 heterocycles. The maximum absolute atomic E-state index is 13.3. The van der Waals surface area contributed by atoms with E-state index in [9.17, 15) is 13.2 Å². The number of sulfonamides is 1. The zero-order valence-corrected chi connectivity index (χ0v) is 17.2. The van der Waals surface area contributed by atoms with Crippen molar-refractivity contribution in [1.82, 2.24) is 14.1 Å². The largest absolute Gasteiger partial charge is 0.338 e. The second-order valence-corrected chi connectivity index (χ2v) is 9.22. The Morgan fingerprint density at radius 1 is 0.964 bits per heavy atom. The van der Waals surface area contributed by atoms with Crippen LogP contribution in [0.1, 0.15) is 17.2 Å². The van der Waals surface area contributed by atoms with Crippen LogP contribution in [0.15, 0.2) is 60.7 Å². The Balaban J connectivity index is 1.70. The third kappa shape index (κ3) is 4.98. The molecule has 7 heteroatoms. The highest BCUT2D eigenvalue weighted by atomic mass is 32.2. The number of likely N-dealkylation sites (N-methyl/N-ethyl adjacent to an activating group) is 1. The van der Waals surface area contributed by atoms with Crippen molar-refractivity contribution in [2.45, 2.75) is 12.6 Å². The number of carbonyl (C=O) groups excluding carboxylic acids is 1. The fourth-order valence-electron chi connectivity index (χ4n) is 3.48. The van der Waals surface area contributed by atoms with E-state index in [1.54, 1.807) is 17.0 Å². The van der Waals surface area contributed by atoms with Gasteiger partial charge >= 0.3 is 0 Å². The summed E-state index contributed by atoms with van der Waals surface area (Å²) in [6.07, 6.45) is 1.13. The highest BCUT2D eigenvalue weighted by Gasteiger charge is 2.35. The number of benzene rings is 2. The van der Waals surface area contributed by atoms with E-state index in [4.69, 9.17) is 0 Å². The van der Waals surface area contributed by atoms with Gasteiger partial charge in [0, 0.05) is 39.8 Å². The molecule has 1 saturated heterocycles. The Morgan fingerprint density at radius 2 is 1.50 bits per heavy atom. The molecule has 1 aliphatic rings. The molecule has 0 aromatic heterocycles. The van der Waals surface area contributed by atoms with Crippen LogP contribution in [0.2, 0.25) is 0 Å². The van der Waals surface area contributed by atoms with E-state index in [1.807, 2.05) is 36.4 Å². The first-order valence-corrected chi connectivity index (χ1v) is 11.2. The molecular formula is C21H27N3O3S. The zero-order chi connectivity index (χ0) is 20.1. The molecule has 3 rings (SSSR count). The van der Waals surface area contributed by atoms with Crippen LogP contribution in [0.4, 0.5) is 0 Å². The van der Waals surface area contributed by atoms with Gasteiger partial charge in [-0.1, -0.05) is 60.7 Å². The predicted molar refractivity (Wildman–Crippen MR) is 110 cm³/mol. The topological polar surface area (TPSA) is 60.9 Å². The van der Waals surface area contributed by atoms with E-state index in [1.165, 1.54) is 16.9 Å². The molecule has 0 spiro atoms. The van der Waals surface area contributed by atoms with Gasteiger partial charge in [0.05, 0.1) is 6.26 Å². The minimum atomic E-state index is -3.51. The van der Waals surface area contributed by atoms with Crippen LogP contribution < -0.4 is 0 Å². The van der Waals surface area contributed by atoms with Crippen LogP contribution in [0, 0.1) is 0 Å². The van der Waals surface area contributed by atoms with Gasteiger partial charge in [-0.3, -0.25) is 9.69 Å². The Morgan fingerprint density at radius 3 is 2.04 bits per heavy atom. The summed E-state index contributed by atoms with van der Waals surface area (Å²) in [5, 5.41) is 0. The molecule has 0 unspecified atom stereocenters. The molecule has 1 amide bonds. The molecule has 0 saturated carbocycles. The monoisotopic (exact) mass is 401 g/mol. The standard InChI is InChI=1S/C21H27N3O3S/c1-22(28(2,26)27)20(19-11-7-4-8-12-19)21(25)24-15-13-23(14-16-24)17-18-9-5-3-6-10-18/h3-12,20H,13-17H2,1-2H3/t20-/m0/s1. The fourth-order valence-corrected chi connectivity index (χ4v) is 4.07. The number of hydrogen-bond acceptors (Lipinski definition) is 4. The maximum Gasteiger partial charge on any atom is 0.245 e. The second-order valence-electron chi connectivity index (χ2n) is 7.18. The highest BCUT2D eigenvalue weighted by molar-refractivity contribution is 7.88. The van der Waals surface area contributed by atoms with Crippen LogP contribution in [-0.2, 0) is 21.4 Å². The summed E-state index contributed by atoms with van der Waals surface area (Å²) >= 11 is 0. The fraction of sp³-hybridized carbons (Fsp3) is 0.381. The maximum atomic E-state index is 13.3. The van der Waals surface area contributed by atoms with Gasteiger partial charge in [-0.25, -0.2) is 8.42 Å². The first kappa shape index (κ1) is 20.5. The Hall–Kier alpha value is -2.22. The van der Waals surface area contributed by atoms with Crippen molar-refractivity contribution in [3.05, 3.63) is 71.8 Å². The quantitative estimate of drug-likeness (QED) is 0.743. The Kier molecular flexibility index (Phi) is 6.49. The van der Waals surface area contributed by atoms with Gasteiger partial charge < -0.3 is 4.90 Å². The van der Waals surface area contributed by atoms with Crippen LogP contribution in [0.25, 0.3) is 0 Å². The summed E-state index contributed by atoms with van der Waals surface area (Å²) in [5.41, 5.74) is 1.94. The van der Waals surface area contributed by atoms with Gasteiger partial charge in [0.15, 0.2) is 0 Å². The molecule has 6 nitrogen and oxygen atoms in total. The molecular weight excluding hydrogens is 374 g/mol. The molecule has 1 atom stereocenters. The normalized spacial score (nSPS) is 16.9. The number of amides is 1. The summed E-state index contributed by atoms with van der Waals surface area (Å²) in [5.74, 6) is -0.168. The molecule has 1 aliphatic heterocycles. The molecule has 28 heavy (non-hydrogen) atoms. The van der Waals surface area contributed by atoms with E-state index in [-0.39, 0.29) is 5.91 Å². The van der Waals surface area contributed by atoms with E-state index < -0.39 is 16.1 Å². The lowest BCUT2D eigenvalue weighted by Gasteiger charge is -2.38. The minimum Gasteiger partial charge on any atom is -0.338 e. The molecule has 2 aromatic carbocycles. The van der Waals surface area contributed by atoms with Crippen molar-refractivity contribution in [3.8, 4) is 0 Å². The SMILES string of the molecule is CN([C@H](C(=O)N1CCN(Cc2ccccc2)CC1)c1ccccc1)S(C)(=O)=O. The van der Waals surface area contributed by atoms with Gasteiger partial charge in [-0.05, 0) is 11.1 Å².